The molecule has 0 aromatic carbocycles. The van der Waals surface area contributed by atoms with Crippen LogP contribution in [0.15, 0.2) is 0 Å². The van der Waals surface area contributed by atoms with Gasteiger partial charge in [-0.1, -0.05) is 27.2 Å². The van der Waals surface area contributed by atoms with E-state index in [0.29, 0.717) is 24.3 Å². The molecule has 0 aromatic heterocycles. The number of carbonyl (C=O) groups excluding carboxylic acids is 1. The lowest BCUT2D eigenvalue weighted by Crippen LogP contribution is -2.46. The third-order valence-corrected chi connectivity index (χ3v) is 4.81. The highest BCUT2D eigenvalue weighted by atomic mass is 16.5. The fourth-order valence-electron chi connectivity index (χ4n) is 3.51. The predicted molar refractivity (Wildman–Crippen MR) is 80.5 cm³/mol. The second kappa shape index (κ2) is 7.41. The van der Waals surface area contributed by atoms with Crippen LogP contribution in [0, 0.1) is 17.8 Å². The number of carbonyl (C=O) groups is 1. The van der Waals surface area contributed by atoms with E-state index in [1.54, 1.807) is 0 Å². The maximum atomic E-state index is 12.2. The van der Waals surface area contributed by atoms with E-state index < -0.39 is 0 Å². The minimum absolute atomic E-state index is 0.0309. The zero-order chi connectivity index (χ0) is 14.5. The second-order valence-corrected chi connectivity index (χ2v) is 6.88. The standard InChI is InChI=1S/C16H30N2O2/c1-12(2)14-5-4-13(3)10-15(14)20-16(19)11-18-8-6-17-7-9-18/h12-15,17H,4-11H2,1-3H3. The van der Waals surface area contributed by atoms with Gasteiger partial charge >= 0.3 is 5.97 Å². The Hall–Kier alpha value is -0.610. The Kier molecular flexibility index (Phi) is 5.85. The Bertz CT molecular complexity index is 314. The molecular weight excluding hydrogens is 252 g/mol. The lowest BCUT2D eigenvalue weighted by atomic mass is 9.75. The molecule has 1 saturated heterocycles. The van der Waals surface area contributed by atoms with E-state index in [-0.39, 0.29) is 12.1 Å². The van der Waals surface area contributed by atoms with Crippen LogP contribution in [0.1, 0.15) is 40.0 Å². The fourth-order valence-corrected chi connectivity index (χ4v) is 3.51. The van der Waals surface area contributed by atoms with Crippen molar-refractivity contribution >= 4 is 5.97 Å². The van der Waals surface area contributed by atoms with Crippen LogP contribution < -0.4 is 5.32 Å². The molecule has 1 N–H and O–H groups in total. The van der Waals surface area contributed by atoms with Crippen molar-refractivity contribution in [1.29, 1.82) is 0 Å². The average Bonchev–Trinajstić information content (AvgIpc) is 2.39. The van der Waals surface area contributed by atoms with Crippen molar-refractivity contribution in [2.45, 2.75) is 46.1 Å². The van der Waals surface area contributed by atoms with E-state index in [1.165, 1.54) is 12.8 Å². The number of ether oxygens (including phenoxy) is 1. The number of nitrogens with zero attached hydrogens (tertiary/aromatic N) is 1. The monoisotopic (exact) mass is 282 g/mol. The van der Waals surface area contributed by atoms with Crippen LogP contribution in [0.25, 0.3) is 0 Å². The van der Waals surface area contributed by atoms with Crippen molar-refractivity contribution in [2.24, 2.45) is 17.8 Å². The van der Waals surface area contributed by atoms with Crippen molar-refractivity contribution in [3.05, 3.63) is 0 Å². The number of hydrogen-bond acceptors (Lipinski definition) is 4. The summed E-state index contributed by atoms with van der Waals surface area (Å²) < 4.78 is 5.84. The number of esters is 1. The maximum absolute atomic E-state index is 12.2. The molecule has 20 heavy (non-hydrogen) atoms. The minimum atomic E-state index is -0.0309. The van der Waals surface area contributed by atoms with Crippen LogP contribution >= 0.6 is 0 Å². The molecule has 1 heterocycles. The molecule has 0 bridgehead atoms. The van der Waals surface area contributed by atoms with Gasteiger partial charge in [-0.05, 0) is 30.6 Å². The van der Waals surface area contributed by atoms with Gasteiger partial charge in [0.1, 0.15) is 6.10 Å². The van der Waals surface area contributed by atoms with Crippen molar-refractivity contribution < 1.29 is 9.53 Å². The Morgan fingerprint density at radius 3 is 2.65 bits per heavy atom. The summed E-state index contributed by atoms with van der Waals surface area (Å²) >= 11 is 0. The van der Waals surface area contributed by atoms with Crippen molar-refractivity contribution in [3.63, 3.8) is 0 Å². The van der Waals surface area contributed by atoms with Crippen LogP contribution in [-0.2, 0) is 9.53 Å². The van der Waals surface area contributed by atoms with Crippen molar-refractivity contribution in [1.82, 2.24) is 10.2 Å². The maximum Gasteiger partial charge on any atom is 0.320 e. The predicted octanol–water partition coefficient (Wildman–Crippen LogP) is 1.90. The number of piperazine rings is 1. The SMILES string of the molecule is CC1CCC(C(C)C)C(OC(=O)CN2CCNCC2)C1. The first kappa shape index (κ1) is 15.8. The van der Waals surface area contributed by atoms with Gasteiger partial charge in [0, 0.05) is 26.2 Å². The molecule has 3 atom stereocenters. The zero-order valence-corrected chi connectivity index (χ0v) is 13.2. The lowest BCUT2D eigenvalue weighted by Gasteiger charge is -2.37. The van der Waals surface area contributed by atoms with Gasteiger partial charge in [-0.25, -0.2) is 0 Å². The van der Waals surface area contributed by atoms with E-state index in [2.05, 4.69) is 31.0 Å². The molecule has 2 aliphatic rings. The quantitative estimate of drug-likeness (QED) is 0.800. The highest BCUT2D eigenvalue weighted by molar-refractivity contribution is 5.71. The molecule has 1 aliphatic carbocycles. The smallest absolute Gasteiger partial charge is 0.320 e. The molecule has 116 valence electrons. The molecular formula is C16H30N2O2. The highest BCUT2D eigenvalue weighted by Crippen LogP contribution is 2.35. The normalized spacial score (nSPS) is 32.3. The summed E-state index contributed by atoms with van der Waals surface area (Å²) in [5, 5.41) is 3.30. The van der Waals surface area contributed by atoms with Gasteiger partial charge in [0.2, 0.25) is 0 Å². The summed E-state index contributed by atoms with van der Waals surface area (Å²) in [5.41, 5.74) is 0. The Balaban J connectivity index is 1.83. The van der Waals surface area contributed by atoms with Crippen molar-refractivity contribution in [2.75, 3.05) is 32.7 Å². The molecule has 2 fully saturated rings. The molecule has 3 unspecified atom stereocenters. The largest absolute Gasteiger partial charge is 0.461 e. The van der Waals surface area contributed by atoms with E-state index >= 15 is 0 Å². The van der Waals surface area contributed by atoms with Crippen LogP contribution in [-0.4, -0.2) is 49.7 Å². The molecule has 4 nitrogen and oxygen atoms in total. The molecule has 2 rings (SSSR count). The molecule has 1 aliphatic heterocycles. The Morgan fingerprint density at radius 2 is 2.00 bits per heavy atom. The topological polar surface area (TPSA) is 41.6 Å². The zero-order valence-electron chi connectivity index (χ0n) is 13.2. The van der Waals surface area contributed by atoms with Crippen LogP contribution in [0.2, 0.25) is 0 Å². The van der Waals surface area contributed by atoms with Crippen LogP contribution in [0.3, 0.4) is 0 Å². The third kappa shape index (κ3) is 4.45. The Labute approximate surface area is 123 Å². The van der Waals surface area contributed by atoms with E-state index in [0.717, 1.165) is 32.6 Å². The van der Waals surface area contributed by atoms with Gasteiger partial charge in [-0.2, -0.15) is 0 Å². The average molecular weight is 282 g/mol. The second-order valence-electron chi connectivity index (χ2n) is 6.88. The van der Waals surface area contributed by atoms with Crippen LogP contribution in [0.4, 0.5) is 0 Å². The third-order valence-electron chi connectivity index (χ3n) is 4.81. The van der Waals surface area contributed by atoms with Gasteiger partial charge in [0.25, 0.3) is 0 Å². The van der Waals surface area contributed by atoms with Gasteiger partial charge in [-0.3, -0.25) is 9.69 Å². The fraction of sp³-hybridized carbons (Fsp3) is 0.938. The first-order chi connectivity index (χ1) is 9.56. The van der Waals surface area contributed by atoms with E-state index in [1.807, 2.05) is 0 Å². The van der Waals surface area contributed by atoms with Gasteiger partial charge in [0.05, 0.1) is 6.54 Å². The molecule has 0 aromatic rings. The number of nitrogens with one attached hydrogen (secondary N) is 1. The van der Waals surface area contributed by atoms with E-state index in [9.17, 15) is 4.79 Å². The molecule has 0 spiro atoms. The summed E-state index contributed by atoms with van der Waals surface area (Å²) in [6.45, 7) is 11.1. The van der Waals surface area contributed by atoms with Gasteiger partial charge < -0.3 is 10.1 Å². The lowest BCUT2D eigenvalue weighted by molar-refractivity contribution is -0.157. The van der Waals surface area contributed by atoms with Crippen LogP contribution in [0.5, 0.6) is 0 Å². The Morgan fingerprint density at radius 1 is 1.30 bits per heavy atom. The first-order valence-corrected chi connectivity index (χ1v) is 8.19. The molecule has 0 amide bonds. The molecule has 1 saturated carbocycles. The summed E-state index contributed by atoms with van der Waals surface area (Å²) in [6, 6.07) is 0. The van der Waals surface area contributed by atoms with Gasteiger partial charge in [0.15, 0.2) is 0 Å². The first-order valence-electron chi connectivity index (χ1n) is 8.19. The van der Waals surface area contributed by atoms with E-state index in [4.69, 9.17) is 4.74 Å². The summed E-state index contributed by atoms with van der Waals surface area (Å²) in [5.74, 6) is 1.79. The minimum Gasteiger partial charge on any atom is -0.461 e. The molecule has 0 radical (unpaired) electrons. The number of hydrogen-bond donors (Lipinski definition) is 1. The highest BCUT2D eigenvalue weighted by Gasteiger charge is 2.33. The summed E-state index contributed by atoms with van der Waals surface area (Å²) in [4.78, 5) is 14.4. The summed E-state index contributed by atoms with van der Waals surface area (Å²) in [7, 11) is 0. The number of rotatable bonds is 4. The van der Waals surface area contributed by atoms with Gasteiger partial charge in [-0.15, -0.1) is 0 Å². The summed E-state index contributed by atoms with van der Waals surface area (Å²) in [6.07, 6.45) is 3.64. The van der Waals surface area contributed by atoms with Crippen molar-refractivity contribution in [3.8, 4) is 0 Å². The molecule has 4 heteroatoms.